The van der Waals surface area contributed by atoms with E-state index < -0.39 is 5.85 Å². The van der Waals surface area contributed by atoms with Crippen molar-refractivity contribution in [3.63, 3.8) is 0 Å². The van der Waals surface area contributed by atoms with Crippen molar-refractivity contribution in [2.45, 2.75) is 51.5 Å². The van der Waals surface area contributed by atoms with Crippen molar-refractivity contribution in [2.75, 3.05) is 0 Å². The Morgan fingerprint density at radius 2 is 2.06 bits per heavy atom. The number of allylic oxidation sites excluding steroid dienone is 2. The number of hydrogen-bond acceptors (Lipinski definition) is 3. The van der Waals surface area contributed by atoms with Crippen LogP contribution in [-0.2, 0) is 4.74 Å². The molecule has 3 N–H and O–H groups in total. The van der Waals surface area contributed by atoms with E-state index in [4.69, 9.17) is 10.5 Å². The van der Waals surface area contributed by atoms with E-state index in [2.05, 4.69) is 26.1 Å². The van der Waals surface area contributed by atoms with Crippen LogP contribution >= 0.6 is 0 Å². The molecule has 2 aliphatic carbocycles. The summed E-state index contributed by atoms with van der Waals surface area (Å²) in [5.41, 5.74) is 6.51. The lowest BCUT2D eigenvalue weighted by Gasteiger charge is -2.37. The number of hydrogen-bond donors (Lipinski definition) is 2. The van der Waals surface area contributed by atoms with E-state index in [1.165, 1.54) is 12.8 Å². The lowest BCUT2D eigenvalue weighted by molar-refractivity contribution is -0.124. The number of nitrogens with two attached hydrogens (primary N) is 1. The molecule has 4 atom stereocenters. The molecule has 0 aromatic rings. The smallest absolute Gasteiger partial charge is 0.213 e. The molecule has 1 heterocycles. The maximum Gasteiger partial charge on any atom is 0.213 e. The molecule has 0 radical (unpaired) electrons. The van der Waals surface area contributed by atoms with E-state index in [1.54, 1.807) is 0 Å². The first kappa shape index (κ1) is 12.2. The van der Waals surface area contributed by atoms with Crippen LogP contribution in [0.4, 0.5) is 0 Å². The zero-order chi connectivity index (χ0) is 13.0. The Labute approximate surface area is 109 Å². The standard InChI is InChI=1S/C15H24N2O/c1-11-6-7-12-13(2,3)14(12,10-11)18-15(16)8-4-5-9-17-15/h4-5,8-9,11-12,17H,6-7,10,16H2,1-3H3. The minimum Gasteiger partial charge on any atom is -0.348 e. The third kappa shape index (κ3) is 1.57. The SMILES string of the molecule is CC1CCC2C(C)(C)C2(OC2(N)C=CC=CN2)C1. The summed E-state index contributed by atoms with van der Waals surface area (Å²) in [5.74, 6) is 0.551. The molecule has 3 rings (SSSR count). The lowest BCUT2D eigenvalue weighted by Crippen LogP contribution is -2.56. The van der Waals surface area contributed by atoms with Gasteiger partial charge in [-0.1, -0.05) is 33.3 Å². The van der Waals surface area contributed by atoms with Crippen molar-refractivity contribution in [1.82, 2.24) is 5.32 Å². The summed E-state index contributed by atoms with van der Waals surface area (Å²) < 4.78 is 6.40. The normalized spacial score (nSPS) is 48.4. The van der Waals surface area contributed by atoms with Crippen molar-refractivity contribution in [3.8, 4) is 0 Å². The summed E-state index contributed by atoms with van der Waals surface area (Å²) in [6.07, 6.45) is 11.4. The van der Waals surface area contributed by atoms with Gasteiger partial charge in [-0.05, 0) is 42.2 Å². The van der Waals surface area contributed by atoms with Crippen molar-refractivity contribution < 1.29 is 4.74 Å². The molecular formula is C15H24N2O. The van der Waals surface area contributed by atoms with Crippen LogP contribution in [0.25, 0.3) is 0 Å². The molecule has 0 spiro atoms. The van der Waals surface area contributed by atoms with E-state index >= 15 is 0 Å². The molecule has 0 amide bonds. The highest BCUT2D eigenvalue weighted by molar-refractivity contribution is 5.25. The third-order valence-electron chi connectivity index (χ3n) is 5.25. The van der Waals surface area contributed by atoms with Crippen LogP contribution in [0.2, 0.25) is 0 Å². The molecule has 4 unspecified atom stereocenters. The van der Waals surface area contributed by atoms with Gasteiger partial charge in [0.1, 0.15) is 0 Å². The van der Waals surface area contributed by atoms with Crippen molar-refractivity contribution in [1.29, 1.82) is 0 Å². The van der Waals surface area contributed by atoms with Gasteiger partial charge in [-0.15, -0.1) is 0 Å². The summed E-state index contributed by atoms with van der Waals surface area (Å²) >= 11 is 0. The van der Waals surface area contributed by atoms with Crippen LogP contribution in [-0.4, -0.2) is 11.4 Å². The van der Waals surface area contributed by atoms with Crippen LogP contribution < -0.4 is 11.1 Å². The summed E-state index contributed by atoms with van der Waals surface area (Å²) in [6, 6.07) is 0. The number of nitrogens with one attached hydrogen (secondary N) is 1. The zero-order valence-corrected chi connectivity index (χ0v) is 11.6. The Bertz CT molecular complexity index is 415. The van der Waals surface area contributed by atoms with Crippen LogP contribution in [0.5, 0.6) is 0 Å². The van der Waals surface area contributed by atoms with Gasteiger partial charge < -0.3 is 10.1 Å². The first-order valence-electron chi connectivity index (χ1n) is 7.01. The van der Waals surface area contributed by atoms with Crippen LogP contribution in [0.3, 0.4) is 0 Å². The fourth-order valence-corrected chi connectivity index (χ4v) is 4.08. The summed E-state index contributed by atoms with van der Waals surface area (Å²) in [6.45, 7) is 6.96. The molecule has 1 aliphatic heterocycles. The maximum absolute atomic E-state index is 6.40. The third-order valence-corrected chi connectivity index (χ3v) is 5.25. The monoisotopic (exact) mass is 248 g/mol. The number of rotatable bonds is 2. The second kappa shape index (κ2) is 3.61. The largest absolute Gasteiger partial charge is 0.348 e. The molecule has 2 saturated carbocycles. The maximum atomic E-state index is 6.40. The van der Waals surface area contributed by atoms with E-state index in [0.717, 1.165) is 12.3 Å². The second-order valence-electron chi connectivity index (χ2n) is 6.81. The van der Waals surface area contributed by atoms with Crippen LogP contribution in [0.15, 0.2) is 24.4 Å². The van der Waals surface area contributed by atoms with Gasteiger partial charge in [0.05, 0.1) is 5.60 Å². The van der Waals surface area contributed by atoms with Crippen molar-refractivity contribution in [3.05, 3.63) is 24.4 Å². The first-order valence-corrected chi connectivity index (χ1v) is 7.01. The Morgan fingerprint density at radius 1 is 1.28 bits per heavy atom. The Morgan fingerprint density at radius 3 is 2.72 bits per heavy atom. The molecule has 0 bridgehead atoms. The average Bonchev–Trinajstić information content (AvgIpc) is 2.73. The van der Waals surface area contributed by atoms with Gasteiger partial charge in [0.2, 0.25) is 5.85 Å². The topological polar surface area (TPSA) is 47.3 Å². The fourth-order valence-electron chi connectivity index (χ4n) is 4.08. The van der Waals surface area contributed by atoms with E-state index in [0.29, 0.717) is 5.92 Å². The quantitative estimate of drug-likeness (QED) is 0.738. The van der Waals surface area contributed by atoms with Crippen molar-refractivity contribution in [2.24, 2.45) is 23.0 Å². The van der Waals surface area contributed by atoms with Crippen LogP contribution in [0, 0.1) is 17.3 Å². The summed E-state index contributed by atoms with van der Waals surface area (Å²) in [7, 11) is 0. The van der Waals surface area contributed by atoms with Gasteiger partial charge in [0, 0.05) is 6.20 Å². The van der Waals surface area contributed by atoms with Gasteiger partial charge in [0.25, 0.3) is 0 Å². The number of ether oxygens (including phenoxy) is 1. The molecule has 0 saturated heterocycles. The molecule has 3 nitrogen and oxygen atoms in total. The van der Waals surface area contributed by atoms with Gasteiger partial charge in [0.15, 0.2) is 0 Å². The van der Waals surface area contributed by atoms with Gasteiger partial charge in [-0.3, -0.25) is 5.73 Å². The predicted octanol–water partition coefficient (Wildman–Crippen LogP) is 2.50. The minimum absolute atomic E-state index is 0.0397. The minimum atomic E-state index is -0.835. The summed E-state index contributed by atoms with van der Waals surface area (Å²) in [4.78, 5) is 0. The number of fused-ring (bicyclic) bond motifs is 1. The highest BCUT2D eigenvalue weighted by Crippen LogP contribution is 2.71. The molecular weight excluding hydrogens is 224 g/mol. The second-order valence-corrected chi connectivity index (χ2v) is 6.81. The van der Waals surface area contributed by atoms with Crippen LogP contribution in [0.1, 0.15) is 40.0 Å². The van der Waals surface area contributed by atoms with Gasteiger partial charge in [-0.25, -0.2) is 0 Å². The highest BCUT2D eigenvalue weighted by Gasteiger charge is 2.74. The van der Waals surface area contributed by atoms with Crippen molar-refractivity contribution >= 4 is 0 Å². The average molecular weight is 248 g/mol. The molecule has 18 heavy (non-hydrogen) atoms. The molecule has 100 valence electrons. The zero-order valence-electron chi connectivity index (χ0n) is 11.6. The molecule has 3 aliphatic rings. The van der Waals surface area contributed by atoms with Gasteiger partial charge in [-0.2, -0.15) is 0 Å². The lowest BCUT2D eigenvalue weighted by atomic mass is 9.88. The molecule has 3 heteroatoms. The fraction of sp³-hybridized carbons (Fsp3) is 0.733. The molecule has 0 aromatic heterocycles. The Balaban J connectivity index is 1.82. The number of dihydropyridines is 1. The molecule has 0 aromatic carbocycles. The van der Waals surface area contributed by atoms with E-state index in [1.807, 2.05) is 24.4 Å². The highest BCUT2D eigenvalue weighted by atomic mass is 16.6. The molecule has 2 fully saturated rings. The van der Waals surface area contributed by atoms with E-state index in [9.17, 15) is 0 Å². The van der Waals surface area contributed by atoms with Gasteiger partial charge >= 0.3 is 0 Å². The predicted molar refractivity (Wildman–Crippen MR) is 72.4 cm³/mol. The van der Waals surface area contributed by atoms with E-state index in [-0.39, 0.29) is 11.0 Å². The summed E-state index contributed by atoms with van der Waals surface area (Å²) in [5, 5.41) is 3.14. The Hall–Kier alpha value is -0.800. The first-order chi connectivity index (χ1) is 8.40. The Kier molecular flexibility index (Phi) is 2.46.